The van der Waals surface area contributed by atoms with Crippen molar-refractivity contribution in [3.63, 3.8) is 0 Å². The van der Waals surface area contributed by atoms with Crippen LogP contribution in [0.3, 0.4) is 0 Å². The number of ether oxygens (including phenoxy) is 2. The second-order valence-electron chi connectivity index (χ2n) is 10.1. The van der Waals surface area contributed by atoms with Gasteiger partial charge in [-0.15, -0.1) is 0 Å². The molecule has 1 aromatic carbocycles. The fraction of sp³-hybridized carbons (Fsp3) is 0.593. The van der Waals surface area contributed by atoms with Gasteiger partial charge in [-0.05, 0) is 57.4 Å². The number of fused-ring (bicyclic) bond motifs is 1. The number of benzene rings is 1. The first-order chi connectivity index (χ1) is 18.3. The van der Waals surface area contributed by atoms with Crippen molar-refractivity contribution in [2.24, 2.45) is 0 Å². The molecule has 0 bridgehead atoms. The van der Waals surface area contributed by atoms with Crippen molar-refractivity contribution in [2.45, 2.75) is 88.7 Å². The van der Waals surface area contributed by atoms with Crippen molar-refractivity contribution in [3.05, 3.63) is 35.4 Å². The largest absolute Gasteiger partial charge is 0.463 e. The molecule has 4 rings (SSSR count). The van der Waals surface area contributed by atoms with Gasteiger partial charge in [0, 0.05) is 19.0 Å². The zero-order chi connectivity index (χ0) is 27.2. The number of rotatable bonds is 8. The molecule has 0 spiro atoms. The van der Waals surface area contributed by atoms with Crippen LogP contribution in [0.5, 0.6) is 0 Å². The van der Waals surface area contributed by atoms with Crippen LogP contribution in [-0.2, 0) is 35.2 Å². The van der Waals surface area contributed by atoms with E-state index in [1.54, 1.807) is 43.1 Å². The van der Waals surface area contributed by atoms with Gasteiger partial charge in [0.1, 0.15) is 12.1 Å². The average molecular weight is 529 g/mol. The number of likely N-dealkylation sites (N-methyl/N-ethyl adjacent to an activating group) is 1. The normalized spacial score (nSPS) is 26.0. The standard InChI is InChI=1S/C27H36N4O7/c1-16(28-2)23(32)30-20-9-4-3-8-19-10-11-21(31(19)25(20)34)24(33)29-15-17-6-5-7-18(14-17)26(35)38-22-12-13-37-27(22)36/h5-7,14,16,19-22,28H,3-4,8-13,15H2,1-2H3,(H,29,33)(H,30,32)/t16-,19-,20-,21-,22?/m0/s1. The van der Waals surface area contributed by atoms with E-state index in [4.69, 9.17) is 9.47 Å². The molecule has 1 aromatic rings. The van der Waals surface area contributed by atoms with Crippen molar-refractivity contribution in [1.29, 1.82) is 0 Å². The smallest absolute Gasteiger partial charge is 0.347 e. The van der Waals surface area contributed by atoms with Crippen LogP contribution in [-0.4, -0.2) is 78.5 Å². The topological polar surface area (TPSA) is 143 Å². The summed E-state index contributed by atoms with van der Waals surface area (Å²) in [7, 11) is 1.69. The van der Waals surface area contributed by atoms with E-state index in [1.165, 1.54) is 0 Å². The van der Waals surface area contributed by atoms with E-state index in [1.807, 2.05) is 0 Å². The third kappa shape index (κ3) is 6.32. The summed E-state index contributed by atoms with van der Waals surface area (Å²) < 4.78 is 10.1. The maximum absolute atomic E-state index is 13.5. The molecule has 11 heteroatoms. The lowest BCUT2D eigenvalue weighted by Gasteiger charge is -2.35. The first-order valence-corrected chi connectivity index (χ1v) is 13.3. The van der Waals surface area contributed by atoms with Crippen molar-refractivity contribution in [1.82, 2.24) is 20.9 Å². The Kier molecular flexibility index (Phi) is 8.98. The Morgan fingerprint density at radius 3 is 2.63 bits per heavy atom. The zero-order valence-corrected chi connectivity index (χ0v) is 21.9. The van der Waals surface area contributed by atoms with E-state index in [0.717, 1.165) is 25.7 Å². The molecule has 38 heavy (non-hydrogen) atoms. The van der Waals surface area contributed by atoms with Crippen LogP contribution < -0.4 is 16.0 Å². The van der Waals surface area contributed by atoms with Crippen molar-refractivity contribution in [2.75, 3.05) is 13.7 Å². The van der Waals surface area contributed by atoms with E-state index in [0.29, 0.717) is 24.8 Å². The molecule has 0 radical (unpaired) electrons. The van der Waals surface area contributed by atoms with E-state index < -0.39 is 36.2 Å². The molecule has 3 fully saturated rings. The second kappa shape index (κ2) is 12.4. The van der Waals surface area contributed by atoms with Crippen molar-refractivity contribution < 1.29 is 33.4 Å². The molecule has 0 saturated carbocycles. The van der Waals surface area contributed by atoms with Gasteiger partial charge in [-0.2, -0.15) is 0 Å². The second-order valence-corrected chi connectivity index (χ2v) is 10.1. The molecule has 3 saturated heterocycles. The van der Waals surface area contributed by atoms with E-state index >= 15 is 0 Å². The van der Waals surface area contributed by atoms with Crippen LogP contribution >= 0.6 is 0 Å². The third-order valence-electron chi connectivity index (χ3n) is 7.55. The number of carbonyl (C=O) groups is 5. The quantitative estimate of drug-likeness (QED) is 0.421. The number of amides is 3. The summed E-state index contributed by atoms with van der Waals surface area (Å²) in [5.74, 6) is -1.90. The third-order valence-corrected chi connectivity index (χ3v) is 7.55. The Balaban J connectivity index is 1.38. The minimum absolute atomic E-state index is 0.0277. The maximum atomic E-state index is 13.5. The van der Waals surface area contributed by atoms with Crippen LogP contribution in [0.15, 0.2) is 24.3 Å². The lowest BCUT2D eigenvalue weighted by atomic mass is 9.98. The molecule has 3 heterocycles. The highest BCUT2D eigenvalue weighted by molar-refractivity contribution is 5.94. The molecule has 0 aliphatic carbocycles. The number of hydrogen-bond donors (Lipinski definition) is 3. The number of hydrogen-bond acceptors (Lipinski definition) is 8. The van der Waals surface area contributed by atoms with E-state index in [9.17, 15) is 24.0 Å². The molecule has 3 amide bonds. The predicted octanol–water partition coefficient (Wildman–Crippen LogP) is 0.801. The van der Waals surface area contributed by atoms with Gasteiger partial charge in [0.15, 0.2) is 0 Å². The molecule has 5 atom stereocenters. The number of cyclic esters (lactones) is 1. The number of nitrogens with one attached hydrogen (secondary N) is 3. The van der Waals surface area contributed by atoms with Gasteiger partial charge in [-0.1, -0.05) is 25.0 Å². The Hall–Kier alpha value is -3.47. The van der Waals surface area contributed by atoms with Gasteiger partial charge >= 0.3 is 11.9 Å². The minimum Gasteiger partial charge on any atom is -0.463 e. The minimum atomic E-state index is -0.897. The summed E-state index contributed by atoms with van der Waals surface area (Å²) in [4.78, 5) is 65.0. The maximum Gasteiger partial charge on any atom is 0.347 e. The van der Waals surface area contributed by atoms with Gasteiger partial charge in [-0.3, -0.25) is 14.4 Å². The Morgan fingerprint density at radius 1 is 1.11 bits per heavy atom. The predicted molar refractivity (Wildman–Crippen MR) is 136 cm³/mol. The lowest BCUT2D eigenvalue weighted by Crippen LogP contribution is -2.57. The number of esters is 2. The summed E-state index contributed by atoms with van der Waals surface area (Å²) in [5.41, 5.74) is 0.951. The summed E-state index contributed by atoms with van der Waals surface area (Å²) >= 11 is 0. The highest BCUT2D eigenvalue weighted by atomic mass is 16.6. The summed E-state index contributed by atoms with van der Waals surface area (Å²) in [6.45, 7) is 2.12. The van der Waals surface area contributed by atoms with Crippen LogP contribution in [0, 0.1) is 0 Å². The molecule has 3 N–H and O–H groups in total. The zero-order valence-electron chi connectivity index (χ0n) is 21.9. The number of carbonyl (C=O) groups excluding carboxylic acids is 5. The monoisotopic (exact) mass is 528 g/mol. The SMILES string of the molecule is CN[C@@H](C)C(=O)N[C@H]1CCCC[C@H]2CC[C@@H](C(=O)NCc3cccc(C(=O)OC4CCOC4=O)c3)N2C1=O. The fourth-order valence-corrected chi connectivity index (χ4v) is 5.25. The molecule has 1 unspecified atom stereocenters. The van der Waals surface area contributed by atoms with Crippen LogP contribution in [0.1, 0.15) is 67.8 Å². The van der Waals surface area contributed by atoms with Gasteiger partial charge in [0.05, 0.1) is 18.2 Å². The van der Waals surface area contributed by atoms with Crippen LogP contribution in [0.25, 0.3) is 0 Å². The highest BCUT2D eigenvalue weighted by Crippen LogP contribution is 2.31. The lowest BCUT2D eigenvalue weighted by molar-refractivity contribution is -0.145. The molecule has 11 nitrogen and oxygen atoms in total. The Labute approximate surface area is 222 Å². The van der Waals surface area contributed by atoms with E-state index in [-0.39, 0.29) is 42.5 Å². The summed E-state index contributed by atoms with van der Waals surface area (Å²) in [6, 6.07) is 4.91. The van der Waals surface area contributed by atoms with Gasteiger partial charge in [0.25, 0.3) is 0 Å². The Bertz CT molecular complexity index is 1080. The molecule has 0 aromatic heterocycles. The molecule has 3 aliphatic rings. The Morgan fingerprint density at radius 2 is 1.89 bits per heavy atom. The first-order valence-electron chi connectivity index (χ1n) is 13.3. The first kappa shape index (κ1) is 27.6. The fourth-order valence-electron chi connectivity index (χ4n) is 5.25. The highest BCUT2D eigenvalue weighted by Gasteiger charge is 2.44. The van der Waals surface area contributed by atoms with E-state index in [2.05, 4.69) is 16.0 Å². The van der Waals surface area contributed by atoms with Crippen LogP contribution in [0.2, 0.25) is 0 Å². The molecule has 206 valence electrons. The molecular formula is C27H36N4O7. The molecular weight excluding hydrogens is 492 g/mol. The van der Waals surface area contributed by atoms with Gasteiger partial charge in [-0.25, -0.2) is 9.59 Å². The molecule has 3 aliphatic heterocycles. The van der Waals surface area contributed by atoms with Gasteiger partial charge in [0.2, 0.25) is 23.8 Å². The van der Waals surface area contributed by atoms with Crippen LogP contribution in [0.4, 0.5) is 0 Å². The summed E-state index contributed by atoms with van der Waals surface area (Å²) in [5, 5.41) is 8.65. The average Bonchev–Trinajstić information content (AvgIpc) is 3.52. The van der Waals surface area contributed by atoms with Gasteiger partial charge < -0.3 is 30.3 Å². The van der Waals surface area contributed by atoms with Crippen molar-refractivity contribution >= 4 is 29.7 Å². The summed E-state index contributed by atoms with van der Waals surface area (Å²) in [6.07, 6.45) is 3.87. The van der Waals surface area contributed by atoms with Crippen molar-refractivity contribution in [3.8, 4) is 0 Å². The number of nitrogens with zero attached hydrogens (tertiary/aromatic N) is 1.